The first-order valence-corrected chi connectivity index (χ1v) is 6.57. The maximum atomic E-state index is 3.52. The summed E-state index contributed by atoms with van der Waals surface area (Å²) in [5.41, 5.74) is 1.46. The predicted octanol–water partition coefficient (Wildman–Crippen LogP) is 3.65. The monoisotopic (exact) mass is 219 g/mol. The maximum Gasteiger partial charge on any atom is -0.00233 e. The van der Waals surface area contributed by atoms with Crippen molar-refractivity contribution >= 4 is 0 Å². The molecule has 1 rings (SSSR count). The first-order valence-electron chi connectivity index (χ1n) is 6.57. The van der Waals surface area contributed by atoms with Gasteiger partial charge in [-0.1, -0.05) is 50.6 Å². The van der Waals surface area contributed by atoms with E-state index in [1.165, 1.54) is 37.8 Å². The normalized spacial score (nSPS) is 12.6. The Kier molecular flexibility index (Phi) is 6.91. The Balaban J connectivity index is 1.96. The molecular weight excluding hydrogens is 194 g/mol. The Morgan fingerprint density at radius 1 is 1.12 bits per heavy atom. The van der Waals surface area contributed by atoms with Gasteiger partial charge in [-0.3, -0.25) is 0 Å². The fraction of sp³-hybridized carbons (Fsp3) is 0.600. The summed E-state index contributed by atoms with van der Waals surface area (Å²) in [4.78, 5) is 0. The molecule has 1 atom stereocenters. The van der Waals surface area contributed by atoms with E-state index in [2.05, 4.69) is 49.5 Å². The van der Waals surface area contributed by atoms with Crippen LogP contribution in [0, 0.1) is 5.92 Å². The van der Waals surface area contributed by atoms with Gasteiger partial charge >= 0.3 is 0 Å². The van der Waals surface area contributed by atoms with Crippen LogP contribution in [0.15, 0.2) is 30.3 Å². The van der Waals surface area contributed by atoms with Crippen LogP contribution in [0.2, 0.25) is 0 Å². The van der Waals surface area contributed by atoms with Gasteiger partial charge in [0.1, 0.15) is 0 Å². The summed E-state index contributed by atoms with van der Waals surface area (Å²) in [6, 6.07) is 10.8. The minimum Gasteiger partial charge on any atom is -0.316 e. The predicted molar refractivity (Wildman–Crippen MR) is 71.7 cm³/mol. The Hall–Kier alpha value is -0.820. The zero-order valence-electron chi connectivity index (χ0n) is 10.7. The highest BCUT2D eigenvalue weighted by atomic mass is 14.8. The van der Waals surface area contributed by atoms with E-state index in [1.807, 2.05) is 0 Å². The van der Waals surface area contributed by atoms with Gasteiger partial charge in [0.2, 0.25) is 0 Å². The molecule has 0 spiro atoms. The molecular formula is C15H25N. The number of aryl methyl sites for hydroxylation is 1. The number of benzene rings is 1. The molecule has 0 saturated carbocycles. The average Bonchev–Trinajstić information content (AvgIpc) is 2.34. The Bertz CT molecular complexity index is 255. The van der Waals surface area contributed by atoms with Gasteiger partial charge in [-0.05, 0) is 43.8 Å². The minimum atomic E-state index is 0.814. The SMILES string of the molecule is CCC(C)CNCCCCc1ccccc1. The van der Waals surface area contributed by atoms with Gasteiger partial charge < -0.3 is 5.32 Å². The molecule has 90 valence electrons. The summed E-state index contributed by atoms with van der Waals surface area (Å²) in [5, 5.41) is 3.52. The molecule has 0 saturated heterocycles. The van der Waals surface area contributed by atoms with Crippen LogP contribution in [0.4, 0.5) is 0 Å². The van der Waals surface area contributed by atoms with E-state index in [0.717, 1.165) is 12.5 Å². The van der Waals surface area contributed by atoms with Gasteiger partial charge in [0.05, 0.1) is 0 Å². The average molecular weight is 219 g/mol. The van der Waals surface area contributed by atoms with Crippen LogP contribution in [-0.2, 0) is 6.42 Å². The molecule has 1 aromatic rings. The van der Waals surface area contributed by atoms with E-state index in [0.29, 0.717) is 0 Å². The van der Waals surface area contributed by atoms with Crippen molar-refractivity contribution in [2.24, 2.45) is 5.92 Å². The highest BCUT2D eigenvalue weighted by molar-refractivity contribution is 5.14. The van der Waals surface area contributed by atoms with Crippen molar-refractivity contribution in [2.45, 2.75) is 39.5 Å². The van der Waals surface area contributed by atoms with Crippen molar-refractivity contribution < 1.29 is 0 Å². The summed E-state index contributed by atoms with van der Waals surface area (Å²) in [6.07, 6.45) is 5.06. The Morgan fingerprint density at radius 2 is 1.88 bits per heavy atom. The molecule has 0 aliphatic rings. The second-order valence-electron chi connectivity index (χ2n) is 4.66. The van der Waals surface area contributed by atoms with Crippen LogP contribution in [0.25, 0.3) is 0 Å². The second-order valence-corrected chi connectivity index (χ2v) is 4.66. The second kappa shape index (κ2) is 8.35. The summed E-state index contributed by atoms with van der Waals surface area (Å²) in [5.74, 6) is 0.814. The largest absolute Gasteiger partial charge is 0.316 e. The number of unbranched alkanes of at least 4 members (excludes halogenated alkanes) is 1. The van der Waals surface area contributed by atoms with Gasteiger partial charge in [0, 0.05) is 0 Å². The summed E-state index contributed by atoms with van der Waals surface area (Å²) in [6.45, 7) is 6.89. The zero-order valence-corrected chi connectivity index (χ0v) is 10.7. The molecule has 1 unspecified atom stereocenters. The van der Waals surface area contributed by atoms with Crippen LogP contribution < -0.4 is 5.32 Å². The third-order valence-electron chi connectivity index (χ3n) is 3.10. The molecule has 1 nitrogen and oxygen atoms in total. The smallest absolute Gasteiger partial charge is 0.00233 e. The lowest BCUT2D eigenvalue weighted by Crippen LogP contribution is -2.21. The van der Waals surface area contributed by atoms with Gasteiger partial charge in [-0.2, -0.15) is 0 Å². The number of hydrogen-bond donors (Lipinski definition) is 1. The first kappa shape index (κ1) is 13.2. The van der Waals surface area contributed by atoms with Gasteiger partial charge in [-0.25, -0.2) is 0 Å². The zero-order chi connectivity index (χ0) is 11.6. The highest BCUT2D eigenvalue weighted by Gasteiger charge is 1.97. The summed E-state index contributed by atoms with van der Waals surface area (Å²) in [7, 11) is 0. The van der Waals surface area contributed by atoms with Crippen LogP contribution in [0.1, 0.15) is 38.7 Å². The lowest BCUT2D eigenvalue weighted by Gasteiger charge is -2.09. The topological polar surface area (TPSA) is 12.0 Å². The molecule has 0 bridgehead atoms. The van der Waals surface area contributed by atoms with Crippen LogP contribution in [0.3, 0.4) is 0 Å². The molecule has 1 aromatic carbocycles. The summed E-state index contributed by atoms with van der Waals surface area (Å²) >= 11 is 0. The molecule has 0 heterocycles. The van der Waals surface area contributed by atoms with E-state index in [4.69, 9.17) is 0 Å². The van der Waals surface area contributed by atoms with Crippen LogP contribution in [0.5, 0.6) is 0 Å². The van der Waals surface area contributed by atoms with E-state index in [-0.39, 0.29) is 0 Å². The molecule has 1 N–H and O–H groups in total. The van der Waals surface area contributed by atoms with Gasteiger partial charge in [0.15, 0.2) is 0 Å². The van der Waals surface area contributed by atoms with E-state index in [9.17, 15) is 0 Å². The molecule has 16 heavy (non-hydrogen) atoms. The van der Waals surface area contributed by atoms with Crippen LogP contribution in [-0.4, -0.2) is 13.1 Å². The van der Waals surface area contributed by atoms with E-state index >= 15 is 0 Å². The fourth-order valence-electron chi connectivity index (χ4n) is 1.72. The fourth-order valence-corrected chi connectivity index (χ4v) is 1.72. The van der Waals surface area contributed by atoms with Crippen molar-refractivity contribution in [3.63, 3.8) is 0 Å². The third kappa shape index (κ3) is 5.92. The summed E-state index contributed by atoms with van der Waals surface area (Å²) < 4.78 is 0. The minimum absolute atomic E-state index is 0.814. The van der Waals surface area contributed by atoms with Gasteiger partial charge in [0.25, 0.3) is 0 Å². The van der Waals surface area contributed by atoms with Crippen molar-refractivity contribution in [2.75, 3.05) is 13.1 Å². The molecule has 1 heteroatoms. The number of rotatable bonds is 8. The quantitative estimate of drug-likeness (QED) is 0.658. The van der Waals surface area contributed by atoms with Crippen molar-refractivity contribution in [3.8, 4) is 0 Å². The molecule has 0 aliphatic heterocycles. The van der Waals surface area contributed by atoms with Crippen molar-refractivity contribution in [3.05, 3.63) is 35.9 Å². The van der Waals surface area contributed by atoms with Crippen molar-refractivity contribution in [1.82, 2.24) is 5.32 Å². The lowest BCUT2D eigenvalue weighted by atomic mass is 10.1. The Morgan fingerprint density at radius 3 is 2.56 bits per heavy atom. The molecule has 0 aromatic heterocycles. The maximum absolute atomic E-state index is 3.52. The number of hydrogen-bond acceptors (Lipinski definition) is 1. The highest BCUT2D eigenvalue weighted by Crippen LogP contribution is 2.04. The number of nitrogens with one attached hydrogen (secondary N) is 1. The van der Waals surface area contributed by atoms with E-state index in [1.54, 1.807) is 0 Å². The molecule has 0 aliphatic carbocycles. The third-order valence-corrected chi connectivity index (χ3v) is 3.10. The van der Waals surface area contributed by atoms with E-state index < -0.39 is 0 Å². The molecule has 0 fully saturated rings. The van der Waals surface area contributed by atoms with Crippen molar-refractivity contribution in [1.29, 1.82) is 0 Å². The van der Waals surface area contributed by atoms with Crippen LogP contribution >= 0.6 is 0 Å². The van der Waals surface area contributed by atoms with Gasteiger partial charge in [-0.15, -0.1) is 0 Å². The Labute approximate surface area is 100 Å². The molecule has 0 radical (unpaired) electrons. The molecule has 0 amide bonds. The standard InChI is InChI=1S/C15H25N/c1-3-14(2)13-16-12-8-7-11-15-9-5-4-6-10-15/h4-6,9-10,14,16H,3,7-8,11-13H2,1-2H3. The first-order chi connectivity index (χ1) is 7.83. The lowest BCUT2D eigenvalue weighted by molar-refractivity contribution is 0.492.